The van der Waals surface area contributed by atoms with Crippen LogP contribution in [0, 0.1) is 5.92 Å². The number of rotatable bonds is 4. The third kappa shape index (κ3) is 2.00. The first-order valence-electron chi connectivity index (χ1n) is 4.59. The number of methoxy groups -OCH3 is 1. The van der Waals surface area contributed by atoms with Crippen LogP contribution in [0.3, 0.4) is 0 Å². The Kier molecular flexibility index (Phi) is 3.27. The third-order valence-corrected chi connectivity index (χ3v) is 2.66. The van der Waals surface area contributed by atoms with Crippen LogP contribution in [0.15, 0.2) is 0 Å². The quantitative estimate of drug-likeness (QED) is 0.643. The van der Waals surface area contributed by atoms with Crippen LogP contribution < -0.4 is 5.73 Å². The fraction of sp³-hybridized carbons (Fsp3) is 0.889. The van der Waals surface area contributed by atoms with Gasteiger partial charge in [-0.1, -0.05) is 0 Å². The molecule has 0 aliphatic heterocycles. The molecule has 1 aliphatic rings. The van der Waals surface area contributed by atoms with Crippen LogP contribution in [-0.4, -0.2) is 31.8 Å². The Morgan fingerprint density at radius 3 is 2.62 bits per heavy atom. The first kappa shape index (κ1) is 10.5. The summed E-state index contributed by atoms with van der Waals surface area (Å²) in [6, 6.07) is 0. The third-order valence-electron chi connectivity index (χ3n) is 2.66. The summed E-state index contributed by atoms with van der Waals surface area (Å²) >= 11 is 0. The molecule has 1 fully saturated rings. The number of ether oxygens (including phenoxy) is 2. The van der Waals surface area contributed by atoms with Crippen molar-refractivity contribution in [1.29, 1.82) is 0 Å². The zero-order valence-corrected chi connectivity index (χ0v) is 8.21. The van der Waals surface area contributed by atoms with Crippen molar-refractivity contribution >= 4 is 5.97 Å². The maximum atomic E-state index is 11.2. The highest BCUT2D eigenvalue weighted by molar-refractivity contribution is 5.74. The van der Waals surface area contributed by atoms with Crippen LogP contribution in [0.25, 0.3) is 0 Å². The van der Waals surface area contributed by atoms with E-state index in [1.54, 1.807) is 7.11 Å². The van der Waals surface area contributed by atoms with Crippen LogP contribution in [0.2, 0.25) is 0 Å². The number of carbonyl (C=O) groups excluding carboxylic acids is 1. The van der Waals surface area contributed by atoms with E-state index in [2.05, 4.69) is 0 Å². The summed E-state index contributed by atoms with van der Waals surface area (Å²) < 4.78 is 10.1. The number of carbonyl (C=O) groups is 1. The van der Waals surface area contributed by atoms with Crippen molar-refractivity contribution in [2.75, 3.05) is 20.3 Å². The van der Waals surface area contributed by atoms with E-state index >= 15 is 0 Å². The topological polar surface area (TPSA) is 61.5 Å². The zero-order valence-electron chi connectivity index (χ0n) is 8.21. The SMILES string of the molecule is CCOC(=O)C1CC(CN)(OC)C1. The average Bonchev–Trinajstić information content (AvgIpc) is 2.05. The number of nitrogens with two attached hydrogens (primary N) is 1. The van der Waals surface area contributed by atoms with E-state index < -0.39 is 0 Å². The molecule has 1 aliphatic carbocycles. The van der Waals surface area contributed by atoms with Gasteiger partial charge in [-0.2, -0.15) is 0 Å². The molecule has 0 aromatic heterocycles. The van der Waals surface area contributed by atoms with Gasteiger partial charge >= 0.3 is 5.97 Å². The van der Waals surface area contributed by atoms with Gasteiger partial charge in [0, 0.05) is 13.7 Å². The van der Waals surface area contributed by atoms with Gasteiger partial charge in [-0.05, 0) is 19.8 Å². The summed E-state index contributed by atoms with van der Waals surface area (Å²) in [5.74, 6) is -0.132. The molecule has 0 bridgehead atoms. The van der Waals surface area contributed by atoms with Crippen molar-refractivity contribution in [1.82, 2.24) is 0 Å². The van der Waals surface area contributed by atoms with Crippen molar-refractivity contribution in [3.05, 3.63) is 0 Å². The van der Waals surface area contributed by atoms with Crippen LogP contribution in [-0.2, 0) is 14.3 Å². The van der Waals surface area contributed by atoms with Gasteiger partial charge in [0.15, 0.2) is 0 Å². The Bertz CT molecular complexity index is 181. The summed E-state index contributed by atoms with van der Waals surface area (Å²) in [6.45, 7) is 2.72. The molecule has 1 rings (SSSR count). The smallest absolute Gasteiger partial charge is 0.309 e. The molecule has 4 nitrogen and oxygen atoms in total. The Morgan fingerprint density at radius 2 is 2.23 bits per heavy atom. The minimum absolute atomic E-state index is 0.0107. The molecule has 0 amide bonds. The molecule has 0 atom stereocenters. The van der Waals surface area contributed by atoms with Gasteiger partial charge in [-0.15, -0.1) is 0 Å². The van der Waals surface area contributed by atoms with Gasteiger partial charge in [0.25, 0.3) is 0 Å². The molecule has 1 saturated carbocycles. The molecule has 2 N–H and O–H groups in total. The van der Waals surface area contributed by atoms with E-state index in [1.165, 1.54) is 0 Å². The molecule has 13 heavy (non-hydrogen) atoms. The minimum atomic E-state index is -0.266. The molecule has 0 aromatic rings. The Balaban J connectivity index is 2.35. The number of hydrogen-bond donors (Lipinski definition) is 1. The van der Waals surface area contributed by atoms with Gasteiger partial charge < -0.3 is 15.2 Å². The summed E-state index contributed by atoms with van der Waals surface area (Å²) in [5, 5.41) is 0. The first-order chi connectivity index (χ1) is 6.17. The maximum Gasteiger partial charge on any atom is 0.309 e. The van der Waals surface area contributed by atoms with Crippen molar-refractivity contribution in [2.24, 2.45) is 11.7 Å². The van der Waals surface area contributed by atoms with Gasteiger partial charge in [0.1, 0.15) is 0 Å². The van der Waals surface area contributed by atoms with Gasteiger partial charge in [0.2, 0.25) is 0 Å². The van der Waals surface area contributed by atoms with E-state index in [0.717, 1.165) is 0 Å². The second kappa shape index (κ2) is 4.07. The second-order valence-electron chi connectivity index (χ2n) is 3.45. The van der Waals surface area contributed by atoms with E-state index in [0.29, 0.717) is 26.0 Å². The first-order valence-corrected chi connectivity index (χ1v) is 4.59. The van der Waals surface area contributed by atoms with E-state index in [1.807, 2.05) is 6.92 Å². The molecule has 76 valence electrons. The molecular formula is C9H17NO3. The number of esters is 1. The fourth-order valence-corrected chi connectivity index (χ4v) is 1.68. The van der Waals surface area contributed by atoms with E-state index in [4.69, 9.17) is 15.2 Å². The van der Waals surface area contributed by atoms with Crippen LogP contribution in [0.4, 0.5) is 0 Å². The molecule has 0 unspecified atom stereocenters. The highest BCUT2D eigenvalue weighted by atomic mass is 16.5. The highest BCUT2D eigenvalue weighted by Gasteiger charge is 2.47. The van der Waals surface area contributed by atoms with Crippen LogP contribution in [0.1, 0.15) is 19.8 Å². The van der Waals surface area contributed by atoms with Crippen molar-refractivity contribution < 1.29 is 14.3 Å². The predicted octanol–water partition coefficient (Wildman–Crippen LogP) is 0.303. The summed E-state index contributed by atoms with van der Waals surface area (Å²) in [5.41, 5.74) is 5.27. The normalized spacial score (nSPS) is 32.4. The Labute approximate surface area is 78.4 Å². The predicted molar refractivity (Wildman–Crippen MR) is 48.2 cm³/mol. The lowest BCUT2D eigenvalue weighted by Gasteiger charge is -2.44. The largest absolute Gasteiger partial charge is 0.466 e. The molecule has 4 heteroatoms. The fourth-order valence-electron chi connectivity index (χ4n) is 1.68. The van der Waals surface area contributed by atoms with Gasteiger partial charge in [0.05, 0.1) is 18.1 Å². The summed E-state index contributed by atoms with van der Waals surface area (Å²) in [4.78, 5) is 11.2. The zero-order chi connectivity index (χ0) is 9.90. The van der Waals surface area contributed by atoms with Crippen LogP contribution >= 0.6 is 0 Å². The molecule has 0 radical (unpaired) electrons. The van der Waals surface area contributed by atoms with Crippen LogP contribution in [0.5, 0.6) is 0 Å². The Morgan fingerprint density at radius 1 is 1.62 bits per heavy atom. The van der Waals surface area contributed by atoms with Crippen molar-refractivity contribution in [3.8, 4) is 0 Å². The molecule has 0 heterocycles. The minimum Gasteiger partial charge on any atom is -0.466 e. The Hall–Kier alpha value is -0.610. The van der Waals surface area contributed by atoms with Crippen molar-refractivity contribution in [3.63, 3.8) is 0 Å². The highest BCUT2D eigenvalue weighted by Crippen LogP contribution is 2.40. The standard InChI is InChI=1S/C9H17NO3/c1-3-13-8(11)7-4-9(5-7,6-10)12-2/h7H,3-6,10H2,1-2H3. The lowest BCUT2D eigenvalue weighted by Crippen LogP contribution is -2.53. The second-order valence-corrected chi connectivity index (χ2v) is 3.45. The number of hydrogen-bond acceptors (Lipinski definition) is 4. The van der Waals surface area contributed by atoms with E-state index in [9.17, 15) is 4.79 Å². The maximum absolute atomic E-state index is 11.2. The lowest BCUT2D eigenvalue weighted by atomic mass is 9.71. The van der Waals surface area contributed by atoms with Gasteiger partial charge in [-0.3, -0.25) is 4.79 Å². The summed E-state index contributed by atoms with van der Waals surface area (Å²) in [6.07, 6.45) is 1.39. The monoisotopic (exact) mass is 187 g/mol. The molecule has 0 saturated heterocycles. The van der Waals surface area contributed by atoms with Gasteiger partial charge in [-0.25, -0.2) is 0 Å². The average molecular weight is 187 g/mol. The molecular weight excluding hydrogens is 170 g/mol. The molecule has 0 spiro atoms. The molecule has 0 aromatic carbocycles. The van der Waals surface area contributed by atoms with E-state index in [-0.39, 0.29) is 17.5 Å². The lowest BCUT2D eigenvalue weighted by molar-refractivity contribution is -0.166. The summed E-state index contributed by atoms with van der Waals surface area (Å²) in [7, 11) is 1.63. The van der Waals surface area contributed by atoms with Crippen molar-refractivity contribution in [2.45, 2.75) is 25.4 Å².